The van der Waals surface area contributed by atoms with Gasteiger partial charge in [-0.1, -0.05) is 49.5 Å². The van der Waals surface area contributed by atoms with Crippen LogP contribution in [0.4, 0.5) is 29.2 Å². The van der Waals surface area contributed by atoms with Crippen molar-refractivity contribution in [3.05, 3.63) is 76.2 Å². The van der Waals surface area contributed by atoms with Crippen molar-refractivity contribution in [3.8, 4) is 11.1 Å². The Morgan fingerprint density at radius 2 is 1.85 bits per heavy atom. The van der Waals surface area contributed by atoms with Crippen LogP contribution in [0.15, 0.2) is 59.3 Å². The molecule has 0 spiro atoms. The molecular weight excluding hydrogens is 638 g/mol. The summed E-state index contributed by atoms with van der Waals surface area (Å²) in [7, 11) is -1.41. The molecule has 254 valence electrons. The number of hydroxylamine groups is 1. The van der Waals surface area contributed by atoms with E-state index in [0.717, 1.165) is 17.8 Å². The first-order valence-corrected chi connectivity index (χ1v) is 18.8. The van der Waals surface area contributed by atoms with Gasteiger partial charge in [0.15, 0.2) is 0 Å². The average molecular weight is 678 g/mol. The summed E-state index contributed by atoms with van der Waals surface area (Å²) in [5, 5.41) is 6.45. The summed E-state index contributed by atoms with van der Waals surface area (Å²) in [6, 6.07) is 6.47. The minimum absolute atomic E-state index is 0.0725. The van der Waals surface area contributed by atoms with Crippen LogP contribution in [0.3, 0.4) is 0 Å². The minimum atomic E-state index is -4.93. The van der Waals surface area contributed by atoms with Gasteiger partial charge >= 0.3 is 6.18 Å². The highest BCUT2D eigenvalue weighted by atomic mass is 28.3. The maximum Gasteiger partial charge on any atom is 0.423 e. The molecule has 1 unspecified atom stereocenters. The lowest BCUT2D eigenvalue weighted by atomic mass is 10.0. The number of benzene rings is 1. The number of carbonyl (C=O) groups excluding carboxylic acids is 1. The monoisotopic (exact) mass is 677 g/mol. The second-order valence-electron chi connectivity index (χ2n) is 12.5. The topological polar surface area (TPSA) is 124 Å². The largest absolute Gasteiger partial charge is 0.423 e. The minimum Gasteiger partial charge on any atom is -0.378 e. The predicted molar refractivity (Wildman–Crippen MR) is 172 cm³/mol. The van der Waals surface area contributed by atoms with E-state index in [1.807, 2.05) is 11.0 Å². The van der Waals surface area contributed by atoms with Crippen LogP contribution in [0, 0.1) is 5.82 Å². The first kappa shape index (κ1) is 35.7. The Kier molecular flexibility index (Phi) is 11.9. The molecule has 0 fully saturated rings. The van der Waals surface area contributed by atoms with Crippen LogP contribution in [0.25, 0.3) is 11.1 Å². The summed E-state index contributed by atoms with van der Waals surface area (Å²) in [6.45, 7) is 8.75. The molecule has 1 atom stereocenters. The number of halogens is 4. The summed E-state index contributed by atoms with van der Waals surface area (Å²) < 4.78 is 61.6. The fourth-order valence-corrected chi connectivity index (χ4v) is 5.42. The highest BCUT2D eigenvalue weighted by molar-refractivity contribution is 6.76. The van der Waals surface area contributed by atoms with Gasteiger partial charge in [0.05, 0.1) is 18.5 Å². The Morgan fingerprint density at radius 1 is 1.13 bits per heavy atom. The average Bonchev–Trinajstić information content (AvgIpc) is 3.00. The van der Waals surface area contributed by atoms with Crippen LogP contribution in [-0.4, -0.2) is 66.1 Å². The molecule has 1 aliphatic heterocycles. The van der Waals surface area contributed by atoms with E-state index in [1.165, 1.54) is 6.07 Å². The Balaban J connectivity index is 1.23. The number of ether oxygens (including phenoxy) is 1. The summed E-state index contributed by atoms with van der Waals surface area (Å²) in [4.78, 5) is 41.0. The molecule has 0 bridgehead atoms. The van der Waals surface area contributed by atoms with Crippen LogP contribution in [-0.2, 0) is 27.3 Å². The molecule has 0 saturated heterocycles. The first-order valence-electron chi connectivity index (χ1n) is 15.1. The van der Waals surface area contributed by atoms with Crippen molar-refractivity contribution >= 4 is 25.6 Å². The highest BCUT2D eigenvalue weighted by Crippen LogP contribution is 2.32. The molecule has 0 aliphatic carbocycles. The molecule has 1 amide bonds. The zero-order valence-corrected chi connectivity index (χ0v) is 27.7. The van der Waals surface area contributed by atoms with Crippen molar-refractivity contribution in [2.45, 2.75) is 64.4 Å². The number of nitrogens with zero attached hydrogens (tertiary/aromatic N) is 5. The van der Waals surface area contributed by atoms with Crippen LogP contribution in [0.5, 0.6) is 0 Å². The van der Waals surface area contributed by atoms with Gasteiger partial charge in [0.2, 0.25) is 11.9 Å². The van der Waals surface area contributed by atoms with Gasteiger partial charge < -0.3 is 15.0 Å². The fraction of sp³-hybridized carbons (Fsp3) is 0.452. The molecular formula is C31H39F4N7O4Si. The number of carbonyl (C=O) groups is 1. The van der Waals surface area contributed by atoms with Crippen LogP contribution in [0.1, 0.15) is 25.3 Å². The van der Waals surface area contributed by atoms with Crippen molar-refractivity contribution in [3.63, 3.8) is 0 Å². The molecule has 11 nitrogen and oxygen atoms in total. The number of hydrogen-bond donors (Lipinski definition) is 2. The van der Waals surface area contributed by atoms with Gasteiger partial charge in [-0.25, -0.2) is 24.5 Å². The van der Waals surface area contributed by atoms with Gasteiger partial charge in [-0.05, 0) is 25.5 Å². The van der Waals surface area contributed by atoms with E-state index in [-0.39, 0.29) is 25.6 Å². The molecule has 3 heterocycles. The highest BCUT2D eigenvalue weighted by Gasteiger charge is 2.38. The Labute approximate surface area is 271 Å². The number of aromatic nitrogens is 4. The Hall–Kier alpha value is -4.15. The third-order valence-electron chi connectivity index (χ3n) is 7.26. The van der Waals surface area contributed by atoms with Crippen LogP contribution >= 0.6 is 0 Å². The van der Waals surface area contributed by atoms with Crippen LogP contribution < -0.4 is 21.3 Å². The normalized spacial score (nSPS) is 14.5. The molecule has 0 saturated carbocycles. The van der Waals surface area contributed by atoms with E-state index in [4.69, 9.17) is 9.57 Å². The van der Waals surface area contributed by atoms with E-state index in [9.17, 15) is 27.2 Å². The summed E-state index contributed by atoms with van der Waals surface area (Å²) >= 11 is 0. The molecule has 4 rings (SSSR count). The molecule has 1 aliphatic rings. The summed E-state index contributed by atoms with van der Waals surface area (Å²) in [6.07, 6.45) is 1.68. The van der Waals surface area contributed by atoms with Gasteiger partial charge in [-0.2, -0.15) is 18.3 Å². The maximum atomic E-state index is 14.1. The standard InChI is InChI=1S/C31H39F4N7O4Si/c1-21(39-26-18-38-42(20-45-13-14-47(2,3)4)29(44)28(26)31(33,34)35)19-46-40-27(43)15-22-9-11-41(12-10-22)30-36-16-23(17-37-30)24-7-5-6-8-25(24)32/h5-9,16-18,21,39H,10-15,19-20H2,1-4H3,(H,40,43). The SMILES string of the molecule is CC(CONC(=O)CC1=CCN(c2ncc(-c3ccccc3F)cn2)CC1)Nc1cnn(COCC[Si](C)(C)C)c(=O)c1C(F)(F)F. The van der Waals surface area contributed by atoms with Crippen molar-refractivity contribution in [2.75, 3.05) is 36.5 Å². The van der Waals surface area contributed by atoms with Gasteiger partial charge in [0, 0.05) is 63.8 Å². The number of hydrogen-bond acceptors (Lipinski definition) is 9. The zero-order chi connectivity index (χ0) is 34.2. The van der Waals surface area contributed by atoms with Gasteiger partial charge in [0.1, 0.15) is 18.1 Å². The van der Waals surface area contributed by atoms with E-state index < -0.39 is 43.0 Å². The molecule has 16 heteroatoms. The van der Waals surface area contributed by atoms with Crippen molar-refractivity contribution in [2.24, 2.45) is 0 Å². The smallest absolute Gasteiger partial charge is 0.378 e. The molecule has 0 radical (unpaired) electrons. The van der Waals surface area contributed by atoms with E-state index >= 15 is 0 Å². The second-order valence-corrected chi connectivity index (χ2v) is 18.1. The van der Waals surface area contributed by atoms with E-state index in [2.05, 4.69) is 45.5 Å². The van der Waals surface area contributed by atoms with Gasteiger partial charge in [-0.15, -0.1) is 0 Å². The Bertz CT molecular complexity index is 1610. The number of rotatable bonds is 14. The van der Waals surface area contributed by atoms with E-state index in [1.54, 1.807) is 37.5 Å². The Morgan fingerprint density at radius 3 is 2.49 bits per heavy atom. The molecule has 2 N–H and O–H groups in total. The quantitative estimate of drug-likeness (QED) is 0.0775. The van der Waals surface area contributed by atoms with Crippen molar-refractivity contribution < 1.29 is 31.9 Å². The summed E-state index contributed by atoms with van der Waals surface area (Å²) in [5.74, 6) is -0.287. The lowest BCUT2D eigenvalue weighted by Gasteiger charge is -2.26. The third-order valence-corrected chi connectivity index (χ3v) is 8.96. The number of nitrogens with one attached hydrogen (secondary N) is 2. The number of amides is 1. The number of alkyl halides is 3. The molecule has 47 heavy (non-hydrogen) atoms. The maximum absolute atomic E-state index is 14.1. The van der Waals surface area contributed by atoms with Gasteiger partial charge in [0.25, 0.3) is 5.56 Å². The zero-order valence-electron chi connectivity index (χ0n) is 26.7. The molecule has 2 aromatic heterocycles. The third kappa shape index (κ3) is 10.4. The van der Waals surface area contributed by atoms with Crippen LogP contribution in [0.2, 0.25) is 25.7 Å². The first-order chi connectivity index (χ1) is 22.2. The van der Waals surface area contributed by atoms with E-state index in [0.29, 0.717) is 47.9 Å². The molecule has 1 aromatic carbocycles. The molecule has 3 aromatic rings. The lowest BCUT2D eigenvalue weighted by molar-refractivity contribution is -0.138. The lowest BCUT2D eigenvalue weighted by Crippen LogP contribution is -2.35. The number of anilines is 2. The fourth-order valence-electron chi connectivity index (χ4n) is 4.66. The van der Waals surface area contributed by atoms with Crippen molar-refractivity contribution in [1.82, 2.24) is 25.2 Å². The van der Waals surface area contributed by atoms with Crippen molar-refractivity contribution in [1.29, 1.82) is 0 Å². The van der Waals surface area contributed by atoms with Gasteiger partial charge in [-0.3, -0.25) is 14.4 Å². The summed E-state index contributed by atoms with van der Waals surface area (Å²) in [5.41, 5.74) is 0.978. The predicted octanol–water partition coefficient (Wildman–Crippen LogP) is 5.25. The second kappa shape index (κ2) is 15.6.